The zero-order valence-corrected chi connectivity index (χ0v) is 10.1. The highest BCUT2D eigenvalue weighted by Gasteiger charge is 2.20. The van der Waals surface area contributed by atoms with Crippen LogP contribution in [0.3, 0.4) is 0 Å². The summed E-state index contributed by atoms with van der Waals surface area (Å²) in [6, 6.07) is 5.82. The lowest BCUT2D eigenvalue weighted by molar-refractivity contribution is 0.0462. The van der Waals surface area contributed by atoms with Gasteiger partial charge in [-0.3, -0.25) is 0 Å². The van der Waals surface area contributed by atoms with Gasteiger partial charge in [-0.05, 0) is 13.0 Å². The molecule has 94 valence electrons. The third-order valence-corrected chi connectivity index (χ3v) is 2.73. The Morgan fingerprint density at radius 2 is 2.47 bits per heavy atom. The SMILES string of the molecule is CCOc1cccc(N2CCOC(CN)C2)n1. The lowest BCUT2D eigenvalue weighted by Crippen LogP contribution is -2.46. The van der Waals surface area contributed by atoms with Crippen molar-refractivity contribution in [3.63, 3.8) is 0 Å². The van der Waals surface area contributed by atoms with E-state index in [1.165, 1.54) is 0 Å². The van der Waals surface area contributed by atoms with Crippen molar-refractivity contribution in [2.45, 2.75) is 13.0 Å². The lowest BCUT2D eigenvalue weighted by atomic mass is 10.2. The van der Waals surface area contributed by atoms with Crippen molar-refractivity contribution in [3.8, 4) is 5.88 Å². The third kappa shape index (κ3) is 3.08. The van der Waals surface area contributed by atoms with Crippen LogP contribution in [0.25, 0.3) is 0 Å². The first kappa shape index (κ1) is 12.1. The van der Waals surface area contributed by atoms with Crippen molar-refractivity contribution in [3.05, 3.63) is 18.2 Å². The summed E-state index contributed by atoms with van der Waals surface area (Å²) >= 11 is 0. The molecule has 1 aromatic heterocycles. The van der Waals surface area contributed by atoms with Crippen LogP contribution < -0.4 is 15.4 Å². The van der Waals surface area contributed by atoms with Gasteiger partial charge in [-0.25, -0.2) is 0 Å². The number of hydrogen-bond acceptors (Lipinski definition) is 5. The molecule has 0 radical (unpaired) electrons. The predicted molar refractivity (Wildman–Crippen MR) is 66.4 cm³/mol. The fraction of sp³-hybridized carbons (Fsp3) is 0.583. The topological polar surface area (TPSA) is 60.6 Å². The van der Waals surface area contributed by atoms with Gasteiger partial charge in [0.15, 0.2) is 0 Å². The molecule has 1 aliphatic rings. The van der Waals surface area contributed by atoms with E-state index in [1.54, 1.807) is 0 Å². The van der Waals surface area contributed by atoms with Gasteiger partial charge in [0.1, 0.15) is 5.82 Å². The van der Waals surface area contributed by atoms with Crippen LogP contribution in [-0.2, 0) is 4.74 Å². The molecule has 17 heavy (non-hydrogen) atoms. The van der Waals surface area contributed by atoms with E-state index in [0.29, 0.717) is 25.6 Å². The largest absolute Gasteiger partial charge is 0.478 e. The third-order valence-electron chi connectivity index (χ3n) is 2.73. The minimum Gasteiger partial charge on any atom is -0.478 e. The molecule has 1 saturated heterocycles. The molecule has 2 rings (SSSR count). The van der Waals surface area contributed by atoms with Gasteiger partial charge < -0.3 is 20.1 Å². The monoisotopic (exact) mass is 237 g/mol. The summed E-state index contributed by atoms with van der Waals surface area (Å²) in [5, 5.41) is 0. The Balaban J connectivity index is 2.07. The number of aromatic nitrogens is 1. The van der Waals surface area contributed by atoms with Gasteiger partial charge in [-0.2, -0.15) is 4.98 Å². The van der Waals surface area contributed by atoms with Crippen molar-refractivity contribution in [2.75, 3.05) is 37.7 Å². The van der Waals surface area contributed by atoms with Crippen molar-refractivity contribution >= 4 is 5.82 Å². The van der Waals surface area contributed by atoms with Gasteiger partial charge in [0.05, 0.1) is 19.3 Å². The van der Waals surface area contributed by atoms with Gasteiger partial charge in [0, 0.05) is 25.7 Å². The standard InChI is InChI=1S/C12H19N3O2/c1-2-16-12-5-3-4-11(14-12)15-6-7-17-10(8-13)9-15/h3-5,10H,2,6-9,13H2,1H3. The predicted octanol–water partition coefficient (Wildman–Crippen LogP) is 0.644. The molecular formula is C12H19N3O2. The number of rotatable bonds is 4. The van der Waals surface area contributed by atoms with Crippen LogP contribution in [0.4, 0.5) is 5.82 Å². The molecule has 0 saturated carbocycles. The average Bonchev–Trinajstić information content (AvgIpc) is 2.40. The fourth-order valence-corrected chi connectivity index (χ4v) is 1.88. The van der Waals surface area contributed by atoms with E-state index in [2.05, 4.69) is 9.88 Å². The highest BCUT2D eigenvalue weighted by atomic mass is 16.5. The van der Waals surface area contributed by atoms with Gasteiger partial charge in [-0.15, -0.1) is 0 Å². The van der Waals surface area contributed by atoms with Crippen LogP contribution in [0.1, 0.15) is 6.92 Å². The maximum absolute atomic E-state index is 5.62. The van der Waals surface area contributed by atoms with Crippen LogP contribution in [-0.4, -0.2) is 43.9 Å². The minimum atomic E-state index is 0.0984. The molecule has 5 heteroatoms. The molecule has 0 aliphatic carbocycles. The number of anilines is 1. The van der Waals surface area contributed by atoms with E-state index in [-0.39, 0.29) is 6.10 Å². The first-order valence-corrected chi connectivity index (χ1v) is 6.00. The molecule has 1 aromatic rings. The smallest absolute Gasteiger partial charge is 0.215 e. The Morgan fingerprint density at radius 1 is 1.59 bits per heavy atom. The number of morpholine rings is 1. The van der Waals surface area contributed by atoms with Crippen LogP contribution in [0.5, 0.6) is 5.88 Å². The Kier molecular flexibility index (Phi) is 4.17. The number of hydrogen-bond donors (Lipinski definition) is 1. The second-order valence-corrected chi connectivity index (χ2v) is 3.94. The molecule has 0 spiro atoms. The zero-order valence-electron chi connectivity index (χ0n) is 10.1. The second-order valence-electron chi connectivity index (χ2n) is 3.94. The Labute approximate surface area is 102 Å². The minimum absolute atomic E-state index is 0.0984. The van der Waals surface area contributed by atoms with Crippen molar-refractivity contribution < 1.29 is 9.47 Å². The van der Waals surface area contributed by atoms with Gasteiger partial charge in [0.25, 0.3) is 0 Å². The van der Waals surface area contributed by atoms with E-state index < -0.39 is 0 Å². The van der Waals surface area contributed by atoms with E-state index in [9.17, 15) is 0 Å². The van der Waals surface area contributed by atoms with Gasteiger partial charge in [0.2, 0.25) is 5.88 Å². The fourth-order valence-electron chi connectivity index (χ4n) is 1.88. The second kappa shape index (κ2) is 5.84. The molecule has 1 fully saturated rings. The van der Waals surface area contributed by atoms with E-state index in [0.717, 1.165) is 18.9 Å². The van der Waals surface area contributed by atoms with E-state index >= 15 is 0 Å². The van der Waals surface area contributed by atoms with Gasteiger partial charge >= 0.3 is 0 Å². The lowest BCUT2D eigenvalue weighted by Gasteiger charge is -2.33. The quantitative estimate of drug-likeness (QED) is 0.833. The van der Waals surface area contributed by atoms with E-state index in [4.69, 9.17) is 15.2 Å². The van der Waals surface area contributed by atoms with Crippen LogP contribution in [0, 0.1) is 0 Å². The molecule has 1 atom stereocenters. The first-order chi connectivity index (χ1) is 8.33. The summed E-state index contributed by atoms with van der Waals surface area (Å²) < 4.78 is 10.9. The molecule has 1 aliphatic heterocycles. The van der Waals surface area contributed by atoms with E-state index in [1.807, 2.05) is 25.1 Å². The molecule has 0 bridgehead atoms. The van der Waals surface area contributed by atoms with Crippen molar-refractivity contribution in [1.29, 1.82) is 0 Å². The number of nitrogens with two attached hydrogens (primary N) is 1. The summed E-state index contributed by atoms with van der Waals surface area (Å²) in [5.41, 5.74) is 5.62. The summed E-state index contributed by atoms with van der Waals surface area (Å²) in [4.78, 5) is 6.65. The molecule has 2 heterocycles. The average molecular weight is 237 g/mol. The number of pyridine rings is 1. The van der Waals surface area contributed by atoms with Gasteiger partial charge in [-0.1, -0.05) is 6.07 Å². The Morgan fingerprint density at radius 3 is 3.24 bits per heavy atom. The van der Waals surface area contributed by atoms with Crippen LogP contribution in [0.15, 0.2) is 18.2 Å². The Bertz CT molecular complexity index is 359. The highest BCUT2D eigenvalue weighted by molar-refractivity contribution is 5.41. The maximum Gasteiger partial charge on any atom is 0.215 e. The van der Waals surface area contributed by atoms with Crippen molar-refractivity contribution in [1.82, 2.24) is 4.98 Å². The number of nitrogens with zero attached hydrogens (tertiary/aromatic N) is 2. The summed E-state index contributed by atoms with van der Waals surface area (Å²) in [6.07, 6.45) is 0.0984. The maximum atomic E-state index is 5.62. The normalized spacial score (nSPS) is 20.4. The molecule has 5 nitrogen and oxygen atoms in total. The first-order valence-electron chi connectivity index (χ1n) is 6.00. The summed E-state index contributed by atoms with van der Waals surface area (Å²) in [5.74, 6) is 1.60. The zero-order chi connectivity index (χ0) is 12.1. The number of ether oxygens (including phenoxy) is 2. The Hall–Kier alpha value is -1.33. The van der Waals surface area contributed by atoms with Crippen LogP contribution in [0.2, 0.25) is 0 Å². The van der Waals surface area contributed by atoms with Crippen molar-refractivity contribution in [2.24, 2.45) is 5.73 Å². The molecule has 0 aromatic carbocycles. The summed E-state index contributed by atoms with van der Waals surface area (Å²) in [7, 11) is 0. The summed E-state index contributed by atoms with van der Waals surface area (Å²) in [6.45, 7) is 5.46. The highest BCUT2D eigenvalue weighted by Crippen LogP contribution is 2.18. The molecule has 0 amide bonds. The molecule has 1 unspecified atom stereocenters. The van der Waals surface area contributed by atoms with Crippen LogP contribution >= 0.6 is 0 Å². The molecule has 2 N–H and O–H groups in total. The molecular weight excluding hydrogens is 218 g/mol.